The lowest BCUT2D eigenvalue weighted by molar-refractivity contribution is -0.116. The second-order valence-corrected chi connectivity index (χ2v) is 4.47. The average molecular weight is 295 g/mol. The van der Waals surface area contributed by atoms with E-state index in [0.29, 0.717) is 19.0 Å². The average Bonchev–Trinajstić information content (AvgIpc) is 2.87. The van der Waals surface area contributed by atoms with Gasteiger partial charge in [-0.25, -0.2) is 13.5 Å². The van der Waals surface area contributed by atoms with Gasteiger partial charge in [-0.2, -0.15) is 0 Å². The highest BCUT2D eigenvalue weighted by Gasteiger charge is 2.10. The van der Waals surface area contributed by atoms with Crippen molar-refractivity contribution in [2.45, 2.75) is 19.4 Å². The Morgan fingerprint density at radius 3 is 2.90 bits per heavy atom. The van der Waals surface area contributed by atoms with Gasteiger partial charge in [0.1, 0.15) is 18.2 Å². The molecule has 0 spiro atoms. The monoisotopic (exact) mass is 295 g/mol. The van der Waals surface area contributed by atoms with Gasteiger partial charge in [0.25, 0.3) is 0 Å². The standard InChI is InChI=1S/C13H15F2N5O/c14-9-3-4-12(11(15)6-9)17-13(21)8-20-7-10(18-19-20)2-1-5-16/h3-4,6-7H,1-2,5,8,16H2,(H,17,21). The molecule has 0 saturated carbocycles. The van der Waals surface area contributed by atoms with Gasteiger partial charge in [0.05, 0.1) is 11.4 Å². The van der Waals surface area contributed by atoms with Crippen LogP contribution in [0, 0.1) is 11.6 Å². The van der Waals surface area contributed by atoms with Crippen molar-refractivity contribution in [2.75, 3.05) is 11.9 Å². The first kappa shape index (κ1) is 15.0. The van der Waals surface area contributed by atoms with Gasteiger partial charge in [0, 0.05) is 12.3 Å². The van der Waals surface area contributed by atoms with Crippen LogP contribution in [-0.4, -0.2) is 27.4 Å². The number of halogens is 2. The molecule has 112 valence electrons. The second-order valence-electron chi connectivity index (χ2n) is 4.47. The van der Waals surface area contributed by atoms with Gasteiger partial charge in [0.15, 0.2) is 0 Å². The van der Waals surface area contributed by atoms with Crippen LogP contribution in [0.2, 0.25) is 0 Å². The minimum Gasteiger partial charge on any atom is -0.330 e. The Labute approximate surface area is 119 Å². The third kappa shape index (κ3) is 4.32. The third-order valence-corrected chi connectivity index (χ3v) is 2.73. The van der Waals surface area contributed by atoms with Gasteiger partial charge >= 0.3 is 0 Å². The Kier molecular flexibility index (Phi) is 4.94. The van der Waals surface area contributed by atoms with Gasteiger partial charge in [-0.05, 0) is 31.5 Å². The fraction of sp³-hybridized carbons (Fsp3) is 0.308. The fourth-order valence-electron chi connectivity index (χ4n) is 1.74. The van der Waals surface area contributed by atoms with E-state index in [1.807, 2.05) is 0 Å². The third-order valence-electron chi connectivity index (χ3n) is 2.73. The molecule has 2 rings (SSSR count). The number of hydrogen-bond acceptors (Lipinski definition) is 4. The molecular formula is C13H15F2N5O. The maximum absolute atomic E-state index is 13.4. The molecular weight excluding hydrogens is 280 g/mol. The lowest BCUT2D eigenvalue weighted by Crippen LogP contribution is -2.19. The number of nitrogens with two attached hydrogens (primary N) is 1. The van der Waals surface area contributed by atoms with Crippen molar-refractivity contribution in [3.8, 4) is 0 Å². The predicted molar refractivity (Wildman–Crippen MR) is 72.4 cm³/mol. The molecule has 0 aliphatic rings. The highest BCUT2D eigenvalue weighted by Crippen LogP contribution is 2.14. The summed E-state index contributed by atoms with van der Waals surface area (Å²) >= 11 is 0. The maximum Gasteiger partial charge on any atom is 0.246 e. The van der Waals surface area contributed by atoms with Crippen LogP contribution in [0.4, 0.5) is 14.5 Å². The Morgan fingerprint density at radius 1 is 1.38 bits per heavy atom. The van der Waals surface area contributed by atoms with E-state index in [0.717, 1.165) is 24.2 Å². The SMILES string of the molecule is NCCCc1cn(CC(=O)Nc2ccc(F)cc2F)nn1. The summed E-state index contributed by atoms with van der Waals surface area (Å²) < 4.78 is 27.5. The number of carbonyl (C=O) groups is 1. The topological polar surface area (TPSA) is 85.8 Å². The number of carbonyl (C=O) groups excluding carboxylic acids is 1. The summed E-state index contributed by atoms with van der Waals surface area (Å²) in [6.07, 6.45) is 3.10. The van der Waals surface area contributed by atoms with Gasteiger partial charge in [-0.15, -0.1) is 5.10 Å². The van der Waals surface area contributed by atoms with Gasteiger partial charge in [-0.3, -0.25) is 4.79 Å². The molecule has 0 saturated heterocycles. The molecule has 6 nitrogen and oxygen atoms in total. The van der Waals surface area contributed by atoms with Crippen molar-refractivity contribution in [3.05, 3.63) is 41.7 Å². The molecule has 8 heteroatoms. The van der Waals surface area contributed by atoms with E-state index in [9.17, 15) is 13.6 Å². The van der Waals surface area contributed by atoms with E-state index in [2.05, 4.69) is 15.6 Å². The van der Waals surface area contributed by atoms with E-state index in [-0.39, 0.29) is 12.2 Å². The lowest BCUT2D eigenvalue weighted by Gasteiger charge is -2.06. The molecule has 0 aliphatic carbocycles. The number of aromatic nitrogens is 3. The van der Waals surface area contributed by atoms with E-state index in [1.54, 1.807) is 6.20 Å². The smallest absolute Gasteiger partial charge is 0.246 e. The summed E-state index contributed by atoms with van der Waals surface area (Å²) in [7, 11) is 0. The highest BCUT2D eigenvalue weighted by molar-refractivity contribution is 5.90. The Morgan fingerprint density at radius 2 is 2.19 bits per heavy atom. The van der Waals surface area contributed by atoms with Gasteiger partial charge < -0.3 is 11.1 Å². The first-order valence-electron chi connectivity index (χ1n) is 6.42. The zero-order valence-corrected chi connectivity index (χ0v) is 11.2. The quantitative estimate of drug-likeness (QED) is 0.835. The van der Waals surface area contributed by atoms with E-state index >= 15 is 0 Å². The first-order chi connectivity index (χ1) is 10.1. The van der Waals surface area contributed by atoms with Crippen LogP contribution in [0.5, 0.6) is 0 Å². The number of rotatable bonds is 6. The predicted octanol–water partition coefficient (Wildman–Crippen LogP) is 1.09. The molecule has 21 heavy (non-hydrogen) atoms. The van der Waals surface area contributed by atoms with Crippen molar-refractivity contribution in [2.24, 2.45) is 5.73 Å². The van der Waals surface area contributed by atoms with Crippen LogP contribution in [-0.2, 0) is 17.8 Å². The second kappa shape index (κ2) is 6.89. The van der Waals surface area contributed by atoms with Crippen LogP contribution < -0.4 is 11.1 Å². The van der Waals surface area contributed by atoms with Gasteiger partial charge in [0.2, 0.25) is 5.91 Å². The van der Waals surface area contributed by atoms with E-state index in [4.69, 9.17) is 5.73 Å². The van der Waals surface area contributed by atoms with Crippen molar-refractivity contribution in [1.82, 2.24) is 15.0 Å². The number of benzene rings is 1. The fourth-order valence-corrected chi connectivity index (χ4v) is 1.74. The molecule has 1 aromatic heterocycles. The summed E-state index contributed by atoms with van der Waals surface area (Å²) in [6.45, 7) is 0.448. The van der Waals surface area contributed by atoms with E-state index in [1.165, 1.54) is 4.68 Å². The lowest BCUT2D eigenvalue weighted by atomic mass is 10.2. The largest absolute Gasteiger partial charge is 0.330 e. The number of aryl methyl sites for hydroxylation is 1. The Hall–Kier alpha value is -2.35. The normalized spacial score (nSPS) is 10.6. The minimum atomic E-state index is -0.828. The molecule has 2 aromatic rings. The molecule has 0 atom stereocenters. The molecule has 0 unspecified atom stereocenters. The van der Waals surface area contributed by atoms with Crippen LogP contribution in [0.1, 0.15) is 12.1 Å². The molecule has 0 bridgehead atoms. The van der Waals surface area contributed by atoms with Crippen molar-refractivity contribution in [1.29, 1.82) is 0 Å². The molecule has 3 N–H and O–H groups in total. The van der Waals surface area contributed by atoms with E-state index < -0.39 is 17.5 Å². The van der Waals surface area contributed by atoms with Crippen LogP contribution in [0.15, 0.2) is 24.4 Å². The summed E-state index contributed by atoms with van der Waals surface area (Å²) in [4.78, 5) is 11.8. The number of nitrogens with zero attached hydrogens (tertiary/aromatic N) is 3. The number of hydrogen-bond donors (Lipinski definition) is 2. The first-order valence-corrected chi connectivity index (χ1v) is 6.42. The Balaban J connectivity index is 1.93. The summed E-state index contributed by atoms with van der Waals surface area (Å²) in [5, 5.41) is 10.0. The summed E-state index contributed by atoms with van der Waals surface area (Å²) in [5.74, 6) is -2.01. The molecule has 0 radical (unpaired) electrons. The van der Waals surface area contributed by atoms with Crippen molar-refractivity contribution >= 4 is 11.6 Å². The van der Waals surface area contributed by atoms with Gasteiger partial charge in [-0.1, -0.05) is 5.21 Å². The molecule has 0 aliphatic heterocycles. The minimum absolute atomic E-state index is 0.0788. The maximum atomic E-state index is 13.4. The number of anilines is 1. The Bertz CT molecular complexity index is 629. The molecule has 1 heterocycles. The van der Waals surface area contributed by atoms with Crippen molar-refractivity contribution in [3.63, 3.8) is 0 Å². The molecule has 1 amide bonds. The van der Waals surface area contributed by atoms with Crippen LogP contribution in [0.3, 0.4) is 0 Å². The molecule has 0 fully saturated rings. The zero-order valence-electron chi connectivity index (χ0n) is 11.2. The van der Waals surface area contributed by atoms with Crippen LogP contribution in [0.25, 0.3) is 0 Å². The highest BCUT2D eigenvalue weighted by atomic mass is 19.1. The summed E-state index contributed by atoms with van der Waals surface area (Å²) in [5.41, 5.74) is 6.05. The zero-order chi connectivity index (χ0) is 15.2. The number of nitrogens with one attached hydrogen (secondary N) is 1. The van der Waals surface area contributed by atoms with Crippen molar-refractivity contribution < 1.29 is 13.6 Å². The summed E-state index contributed by atoms with van der Waals surface area (Å²) in [6, 6.07) is 2.94. The molecule has 1 aromatic carbocycles. The van der Waals surface area contributed by atoms with Crippen LogP contribution >= 0.6 is 0 Å². The number of amides is 1.